The number of aromatic carboxylic acids is 2. The van der Waals surface area contributed by atoms with Crippen LogP contribution in [0.15, 0.2) is 0 Å². The number of hydrogen-bond acceptors (Lipinski definition) is 2. The van der Waals surface area contributed by atoms with Gasteiger partial charge in [0.05, 0.1) is 11.1 Å². The van der Waals surface area contributed by atoms with E-state index >= 15 is 0 Å². The lowest BCUT2D eigenvalue weighted by Gasteiger charge is -2.13. The molecule has 0 saturated heterocycles. The van der Waals surface area contributed by atoms with Gasteiger partial charge in [-0.2, -0.15) is 0 Å². The summed E-state index contributed by atoms with van der Waals surface area (Å²) < 4.78 is 13.6. The number of carbonyl (C=O) groups is 2. The van der Waals surface area contributed by atoms with E-state index in [-0.39, 0.29) is 22.3 Å². The Kier molecular flexibility index (Phi) is 2.98. The van der Waals surface area contributed by atoms with E-state index in [1.807, 2.05) is 0 Å². The summed E-state index contributed by atoms with van der Waals surface area (Å²) in [5, 5.41) is 17.8. The molecule has 4 nitrogen and oxygen atoms in total. The Morgan fingerprint density at radius 3 is 1.69 bits per heavy atom. The summed E-state index contributed by atoms with van der Waals surface area (Å²) >= 11 is 0. The van der Waals surface area contributed by atoms with Crippen LogP contribution in [0.25, 0.3) is 0 Å². The summed E-state index contributed by atoms with van der Waals surface area (Å²) in [6.07, 6.45) is 0. The van der Waals surface area contributed by atoms with E-state index in [0.29, 0.717) is 0 Å². The zero-order valence-corrected chi connectivity index (χ0v) is 9.09. The fourth-order valence-electron chi connectivity index (χ4n) is 1.69. The second kappa shape index (κ2) is 3.92. The van der Waals surface area contributed by atoms with Crippen molar-refractivity contribution >= 4 is 11.9 Å². The molecule has 1 aromatic carbocycles. The van der Waals surface area contributed by atoms with Gasteiger partial charge in [0.25, 0.3) is 0 Å². The van der Waals surface area contributed by atoms with E-state index in [9.17, 15) is 14.0 Å². The number of carboxylic acid groups (broad SMARTS) is 2. The molecule has 0 atom stereocenters. The molecule has 0 saturated carbocycles. The van der Waals surface area contributed by atoms with Crippen LogP contribution in [0.3, 0.4) is 0 Å². The van der Waals surface area contributed by atoms with Gasteiger partial charge in [0.15, 0.2) is 0 Å². The molecule has 0 unspecified atom stereocenters. The van der Waals surface area contributed by atoms with E-state index in [1.54, 1.807) is 0 Å². The molecule has 0 amide bonds. The van der Waals surface area contributed by atoms with Gasteiger partial charge < -0.3 is 10.2 Å². The monoisotopic (exact) mass is 226 g/mol. The van der Waals surface area contributed by atoms with Crippen molar-refractivity contribution in [3.8, 4) is 0 Å². The zero-order valence-electron chi connectivity index (χ0n) is 9.09. The first-order valence-electron chi connectivity index (χ1n) is 4.54. The Balaban J connectivity index is 3.80. The van der Waals surface area contributed by atoms with Crippen molar-refractivity contribution in [1.29, 1.82) is 0 Å². The molecule has 0 aliphatic rings. The lowest BCUT2D eigenvalue weighted by atomic mass is 9.93. The molecule has 0 bridgehead atoms. The minimum Gasteiger partial charge on any atom is -0.478 e. The molecule has 0 spiro atoms. The molecule has 2 N–H and O–H groups in total. The maximum atomic E-state index is 13.6. The second-order valence-corrected chi connectivity index (χ2v) is 3.55. The van der Waals surface area contributed by atoms with E-state index in [2.05, 4.69) is 0 Å². The van der Waals surface area contributed by atoms with Gasteiger partial charge in [-0.25, -0.2) is 14.0 Å². The summed E-state index contributed by atoms with van der Waals surface area (Å²) in [5.41, 5.74) is -0.453. The predicted octanol–water partition coefficient (Wildman–Crippen LogP) is 2.15. The molecule has 0 heterocycles. The van der Waals surface area contributed by atoms with Crippen molar-refractivity contribution in [2.24, 2.45) is 0 Å². The van der Waals surface area contributed by atoms with Gasteiger partial charge in [-0.15, -0.1) is 0 Å². The van der Waals surface area contributed by atoms with Crippen LogP contribution in [0.1, 0.15) is 37.4 Å². The van der Waals surface area contributed by atoms with Crippen molar-refractivity contribution in [3.05, 3.63) is 33.6 Å². The Morgan fingerprint density at radius 1 is 0.875 bits per heavy atom. The highest BCUT2D eigenvalue weighted by atomic mass is 19.1. The number of rotatable bonds is 2. The topological polar surface area (TPSA) is 74.6 Å². The molecule has 5 heteroatoms. The van der Waals surface area contributed by atoms with Crippen molar-refractivity contribution in [1.82, 2.24) is 0 Å². The largest absolute Gasteiger partial charge is 0.478 e. The van der Waals surface area contributed by atoms with E-state index in [1.165, 1.54) is 20.8 Å². The van der Waals surface area contributed by atoms with Crippen LogP contribution < -0.4 is 0 Å². The number of benzene rings is 1. The first-order valence-corrected chi connectivity index (χ1v) is 4.54. The van der Waals surface area contributed by atoms with Crippen LogP contribution in [0.4, 0.5) is 4.39 Å². The summed E-state index contributed by atoms with van der Waals surface area (Å²) in [7, 11) is 0. The minimum atomic E-state index is -1.46. The predicted molar refractivity (Wildman–Crippen MR) is 54.5 cm³/mol. The highest BCUT2D eigenvalue weighted by Gasteiger charge is 2.24. The van der Waals surface area contributed by atoms with Crippen molar-refractivity contribution < 1.29 is 24.2 Å². The third-order valence-electron chi connectivity index (χ3n) is 2.66. The summed E-state index contributed by atoms with van der Waals surface area (Å²) in [6, 6.07) is 0. The van der Waals surface area contributed by atoms with Crippen LogP contribution in [0.5, 0.6) is 0 Å². The highest BCUT2D eigenvalue weighted by Crippen LogP contribution is 2.25. The van der Waals surface area contributed by atoms with Crippen molar-refractivity contribution in [2.45, 2.75) is 20.8 Å². The molecule has 0 aromatic heterocycles. The minimum absolute atomic E-state index is 0.0550. The molecular formula is C11H11FO4. The molecule has 16 heavy (non-hydrogen) atoms. The second-order valence-electron chi connectivity index (χ2n) is 3.55. The number of hydrogen-bond donors (Lipinski definition) is 2. The maximum Gasteiger partial charge on any atom is 0.338 e. The van der Waals surface area contributed by atoms with Gasteiger partial charge in [0.1, 0.15) is 5.82 Å². The van der Waals surface area contributed by atoms with Gasteiger partial charge in [0, 0.05) is 0 Å². The zero-order chi connectivity index (χ0) is 12.6. The molecule has 0 radical (unpaired) electrons. The fourth-order valence-corrected chi connectivity index (χ4v) is 1.69. The van der Waals surface area contributed by atoms with Crippen LogP contribution >= 0.6 is 0 Å². The van der Waals surface area contributed by atoms with Gasteiger partial charge in [-0.1, -0.05) is 0 Å². The Bertz CT molecular complexity index is 450. The molecule has 1 rings (SSSR count). The molecule has 0 fully saturated rings. The van der Waals surface area contributed by atoms with E-state index in [4.69, 9.17) is 10.2 Å². The third-order valence-corrected chi connectivity index (χ3v) is 2.66. The molecule has 86 valence electrons. The Labute approximate surface area is 91.3 Å². The van der Waals surface area contributed by atoms with Crippen LogP contribution in [-0.4, -0.2) is 22.2 Å². The van der Waals surface area contributed by atoms with Gasteiger partial charge in [-0.05, 0) is 37.5 Å². The van der Waals surface area contributed by atoms with Gasteiger partial charge >= 0.3 is 11.9 Å². The molecular weight excluding hydrogens is 215 g/mol. The SMILES string of the molecule is Cc1c(C)c(C(=O)O)c(C)c(C(=O)O)c1F. The lowest BCUT2D eigenvalue weighted by Crippen LogP contribution is -2.14. The normalized spacial score (nSPS) is 10.2. The summed E-state index contributed by atoms with van der Waals surface area (Å²) in [6.45, 7) is 4.12. The molecule has 1 aromatic rings. The van der Waals surface area contributed by atoms with Crippen LogP contribution in [0, 0.1) is 26.6 Å². The van der Waals surface area contributed by atoms with E-state index in [0.717, 1.165) is 0 Å². The quantitative estimate of drug-likeness (QED) is 0.810. The average Bonchev–Trinajstić information content (AvgIpc) is 2.13. The van der Waals surface area contributed by atoms with Crippen molar-refractivity contribution in [3.63, 3.8) is 0 Å². The Hall–Kier alpha value is -1.91. The van der Waals surface area contributed by atoms with Gasteiger partial charge in [-0.3, -0.25) is 0 Å². The smallest absolute Gasteiger partial charge is 0.338 e. The maximum absolute atomic E-state index is 13.6. The van der Waals surface area contributed by atoms with Crippen LogP contribution in [-0.2, 0) is 0 Å². The number of carboxylic acids is 2. The fraction of sp³-hybridized carbons (Fsp3) is 0.273. The highest BCUT2D eigenvalue weighted by molar-refractivity contribution is 5.98. The van der Waals surface area contributed by atoms with Crippen molar-refractivity contribution in [2.75, 3.05) is 0 Å². The van der Waals surface area contributed by atoms with Crippen LogP contribution in [0.2, 0.25) is 0 Å². The summed E-state index contributed by atoms with van der Waals surface area (Å²) in [4.78, 5) is 21.8. The first-order chi connectivity index (χ1) is 7.29. The Morgan fingerprint density at radius 2 is 1.31 bits per heavy atom. The third kappa shape index (κ3) is 1.64. The van der Waals surface area contributed by atoms with E-state index < -0.39 is 23.3 Å². The summed E-state index contributed by atoms with van der Waals surface area (Å²) in [5.74, 6) is -3.58. The lowest BCUT2D eigenvalue weighted by molar-refractivity contribution is 0.0690. The number of halogens is 1. The molecule has 0 aliphatic carbocycles. The first kappa shape index (κ1) is 12.2. The molecule has 0 aliphatic heterocycles. The van der Waals surface area contributed by atoms with Gasteiger partial charge in [0.2, 0.25) is 0 Å². The average molecular weight is 226 g/mol. The standard InChI is InChI=1S/C11H11FO4/c1-4-5(2)9(12)8(11(15)16)6(3)7(4)10(13)14/h1-3H3,(H,13,14)(H,15,16).